The van der Waals surface area contributed by atoms with Crippen LogP contribution in [0.2, 0.25) is 0 Å². The standard InChI is InChI=1S/C13H17IN2O4/c14-13(16-6-7-19-9-11(16)17)3-1-10(2-4-13)15-5-8-20-12(15)18/h1,3,10H,2,4-9H2. The van der Waals surface area contributed by atoms with Crippen molar-refractivity contribution >= 4 is 34.6 Å². The summed E-state index contributed by atoms with van der Waals surface area (Å²) < 4.78 is 9.86. The van der Waals surface area contributed by atoms with Gasteiger partial charge >= 0.3 is 6.09 Å². The first-order valence-electron chi connectivity index (χ1n) is 6.80. The van der Waals surface area contributed by atoms with Crippen LogP contribution >= 0.6 is 22.6 Å². The molecule has 0 N–H and O–H groups in total. The van der Waals surface area contributed by atoms with E-state index in [1.807, 2.05) is 11.0 Å². The number of alkyl halides is 1. The van der Waals surface area contributed by atoms with E-state index in [1.165, 1.54) is 0 Å². The van der Waals surface area contributed by atoms with Crippen LogP contribution in [0.1, 0.15) is 12.8 Å². The lowest BCUT2D eigenvalue weighted by Gasteiger charge is -2.43. The first kappa shape index (κ1) is 14.1. The van der Waals surface area contributed by atoms with Gasteiger partial charge in [0.05, 0.1) is 19.2 Å². The Morgan fingerprint density at radius 2 is 2.15 bits per heavy atom. The Morgan fingerprint density at radius 3 is 2.75 bits per heavy atom. The lowest BCUT2D eigenvalue weighted by Crippen LogP contribution is -2.54. The summed E-state index contributed by atoms with van der Waals surface area (Å²) in [5.74, 6) is 0.0364. The van der Waals surface area contributed by atoms with E-state index in [4.69, 9.17) is 9.47 Å². The number of carbonyl (C=O) groups is 2. The molecule has 2 amide bonds. The van der Waals surface area contributed by atoms with Crippen LogP contribution in [0, 0.1) is 0 Å². The minimum Gasteiger partial charge on any atom is -0.448 e. The molecular formula is C13H17IN2O4. The van der Waals surface area contributed by atoms with Gasteiger partial charge in [0.1, 0.15) is 16.8 Å². The average molecular weight is 392 g/mol. The summed E-state index contributed by atoms with van der Waals surface area (Å²) in [6.07, 6.45) is 5.54. The Bertz CT molecular complexity index is 456. The molecule has 110 valence electrons. The predicted molar refractivity (Wildman–Crippen MR) is 79.5 cm³/mol. The van der Waals surface area contributed by atoms with E-state index >= 15 is 0 Å². The number of rotatable bonds is 2. The van der Waals surface area contributed by atoms with E-state index in [0.717, 1.165) is 12.8 Å². The maximum atomic E-state index is 12.0. The third-order valence-corrected chi connectivity index (χ3v) is 5.47. The quantitative estimate of drug-likeness (QED) is 0.306. The number of nitrogens with zero attached hydrogens (tertiary/aromatic N) is 2. The Hall–Kier alpha value is -0.830. The van der Waals surface area contributed by atoms with Crippen LogP contribution in [0.25, 0.3) is 0 Å². The van der Waals surface area contributed by atoms with Gasteiger partial charge in [0.25, 0.3) is 0 Å². The lowest BCUT2D eigenvalue weighted by atomic mass is 9.96. The molecule has 2 heterocycles. The molecule has 7 heteroatoms. The van der Waals surface area contributed by atoms with E-state index in [-0.39, 0.29) is 28.2 Å². The molecule has 0 aromatic rings. The Morgan fingerprint density at radius 1 is 1.30 bits per heavy atom. The molecule has 3 rings (SSSR count). The van der Waals surface area contributed by atoms with E-state index in [2.05, 4.69) is 28.7 Å². The number of amides is 2. The van der Waals surface area contributed by atoms with E-state index in [1.54, 1.807) is 4.90 Å². The SMILES string of the molecule is O=C1OCCN1C1C=CC(I)(N2CCOCC2=O)CC1. The Kier molecular flexibility index (Phi) is 3.89. The van der Waals surface area contributed by atoms with Crippen LogP contribution < -0.4 is 0 Å². The Labute approximate surface area is 131 Å². The number of carbonyl (C=O) groups excluding carboxylic acids is 2. The Balaban J connectivity index is 1.71. The van der Waals surface area contributed by atoms with Crippen molar-refractivity contribution in [3.05, 3.63) is 12.2 Å². The van der Waals surface area contributed by atoms with Crippen LogP contribution in [0.5, 0.6) is 0 Å². The third-order valence-electron chi connectivity index (χ3n) is 3.99. The van der Waals surface area contributed by atoms with Gasteiger partial charge in [-0.15, -0.1) is 0 Å². The lowest BCUT2D eigenvalue weighted by molar-refractivity contribution is -0.145. The minimum atomic E-state index is -0.293. The van der Waals surface area contributed by atoms with Crippen LogP contribution in [0.15, 0.2) is 12.2 Å². The second-order valence-corrected chi connectivity index (χ2v) is 7.06. The monoisotopic (exact) mass is 392 g/mol. The number of ether oxygens (including phenoxy) is 2. The van der Waals surface area contributed by atoms with Gasteiger partial charge in [0.2, 0.25) is 5.91 Å². The molecule has 6 nitrogen and oxygen atoms in total. The van der Waals surface area contributed by atoms with Gasteiger partial charge in [-0.25, -0.2) is 4.79 Å². The van der Waals surface area contributed by atoms with Crippen LogP contribution in [-0.4, -0.2) is 64.3 Å². The summed E-state index contributed by atoms with van der Waals surface area (Å²) in [4.78, 5) is 27.2. The average Bonchev–Trinajstić information content (AvgIpc) is 2.86. The summed E-state index contributed by atoms with van der Waals surface area (Å²) in [7, 11) is 0. The molecular weight excluding hydrogens is 375 g/mol. The molecule has 3 aliphatic rings. The van der Waals surface area contributed by atoms with Crippen LogP contribution in [-0.2, 0) is 14.3 Å². The van der Waals surface area contributed by atoms with Gasteiger partial charge < -0.3 is 14.4 Å². The predicted octanol–water partition coefficient (Wildman–Crippen LogP) is 1.15. The van der Waals surface area contributed by atoms with Crippen molar-refractivity contribution in [3.63, 3.8) is 0 Å². The van der Waals surface area contributed by atoms with Crippen molar-refractivity contribution < 1.29 is 19.1 Å². The summed E-state index contributed by atoms with van der Waals surface area (Å²) in [5.41, 5.74) is 0. The maximum Gasteiger partial charge on any atom is 0.410 e. The van der Waals surface area contributed by atoms with Gasteiger partial charge in [-0.3, -0.25) is 9.69 Å². The van der Waals surface area contributed by atoms with Crippen LogP contribution in [0.3, 0.4) is 0 Å². The fourth-order valence-corrected chi connectivity index (χ4v) is 3.92. The molecule has 0 aromatic carbocycles. The maximum absolute atomic E-state index is 12.0. The minimum absolute atomic E-state index is 0.0364. The molecule has 2 aliphatic heterocycles. The largest absolute Gasteiger partial charge is 0.448 e. The molecule has 2 unspecified atom stereocenters. The van der Waals surface area contributed by atoms with Gasteiger partial charge in [0.15, 0.2) is 0 Å². The fraction of sp³-hybridized carbons (Fsp3) is 0.692. The van der Waals surface area contributed by atoms with E-state index < -0.39 is 0 Å². The first-order chi connectivity index (χ1) is 9.60. The van der Waals surface area contributed by atoms with Gasteiger partial charge in [-0.1, -0.05) is 12.2 Å². The molecule has 0 aromatic heterocycles. The number of hydrogen-bond donors (Lipinski definition) is 0. The summed E-state index contributed by atoms with van der Waals surface area (Å²) in [5, 5.41) is 0. The highest BCUT2D eigenvalue weighted by Crippen LogP contribution is 2.37. The normalized spacial score (nSPS) is 34.5. The van der Waals surface area contributed by atoms with Gasteiger partial charge in [-0.2, -0.15) is 0 Å². The third kappa shape index (κ3) is 2.52. The summed E-state index contributed by atoms with van der Waals surface area (Å²) >= 11 is 2.33. The smallest absolute Gasteiger partial charge is 0.410 e. The first-order valence-corrected chi connectivity index (χ1v) is 7.88. The number of morpholine rings is 1. The highest BCUT2D eigenvalue weighted by atomic mass is 127. The molecule has 2 saturated heterocycles. The molecule has 0 radical (unpaired) electrons. The van der Waals surface area contributed by atoms with E-state index in [0.29, 0.717) is 26.3 Å². The molecule has 2 atom stereocenters. The molecule has 20 heavy (non-hydrogen) atoms. The highest BCUT2D eigenvalue weighted by Gasteiger charge is 2.40. The van der Waals surface area contributed by atoms with Crippen molar-refractivity contribution in [1.29, 1.82) is 0 Å². The van der Waals surface area contributed by atoms with Gasteiger partial charge in [0, 0.05) is 6.54 Å². The van der Waals surface area contributed by atoms with Gasteiger partial charge in [-0.05, 0) is 35.4 Å². The fourth-order valence-electron chi connectivity index (χ4n) is 2.89. The zero-order chi connectivity index (χ0) is 14.2. The van der Waals surface area contributed by atoms with Crippen molar-refractivity contribution in [1.82, 2.24) is 9.80 Å². The molecule has 0 saturated carbocycles. The van der Waals surface area contributed by atoms with Crippen molar-refractivity contribution in [2.24, 2.45) is 0 Å². The molecule has 1 aliphatic carbocycles. The number of halogens is 1. The van der Waals surface area contributed by atoms with E-state index in [9.17, 15) is 9.59 Å². The molecule has 0 bridgehead atoms. The second kappa shape index (κ2) is 5.51. The second-order valence-electron chi connectivity index (χ2n) is 5.19. The summed E-state index contributed by atoms with van der Waals surface area (Å²) in [6.45, 7) is 2.51. The van der Waals surface area contributed by atoms with Crippen molar-refractivity contribution in [3.8, 4) is 0 Å². The zero-order valence-corrected chi connectivity index (χ0v) is 13.2. The van der Waals surface area contributed by atoms with Crippen molar-refractivity contribution in [2.45, 2.75) is 22.4 Å². The summed E-state index contributed by atoms with van der Waals surface area (Å²) in [6, 6.07) is 0.0871. The highest BCUT2D eigenvalue weighted by molar-refractivity contribution is 14.1. The van der Waals surface area contributed by atoms with Crippen LogP contribution in [0.4, 0.5) is 4.79 Å². The zero-order valence-electron chi connectivity index (χ0n) is 11.1. The topological polar surface area (TPSA) is 59.1 Å². The van der Waals surface area contributed by atoms with Crippen molar-refractivity contribution in [2.75, 3.05) is 32.9 Å². The molecule has 2 fully saturated rings. The number of cyclic esters (lactones) is 1. The molecule has 0 spiro atoms. The number of hydrogen-bond acceptors (Lipinski definition) is 4.